The van der Waals surface area contributed by atoms with Crippen LogP contribution in [0.4, 0.5) is 5.69 Å². The van der Waals surface area contributed by atoms with Crippen LogP contribution in [-0.4, -0.2) is 47.8 Å². The number of carbonyl (C=O) groups is 1. The molecule has 1 heterocycles. The number of anilines is 1. The normalized spacial score (nSPS) is 11.7. The fraction of sp³-hybridized carbons (Fsp3) is 0.375. The highest BCUT2D eigenvalue weighted by atomic mass is 32.2. The molecule has 0 aliphatic rings. The number of ether oxygens (including phenoxy) is 4. The van der Waals surface area contributed by atoms with E-state index in [0.29, 0.717) is 39.7 Å². The van der Waals surface area contributed by atoms with E-state index in [-0.39, 0.29) is 23.8 Å². The maximum absolute atomic E-state index is 12.7. The molecular weight excluding hydrogens is 456 g/mol. The lowest BCUT2D eigenvalue weighted by Gasteiger charge is -2.19. The number of carbonyl (C=O) groups excluding carboxylic acids is 1. The molecule has 1 atom stereocenters. The molecule has 3 aromatic rings. The molecule has 1 N–H and O–H groups in total. The molecule has 0 aliphatic carbocycles. The van der Waals surface area contributed by atoms with Gasteiger partial charge >= 0.3 is 0 Å². The Bertz CT molecular complexity index is 1120. The largest absolute Gasteiger partial charge is 0.497 e. The predicted molar refractivity (Wildman–Crippen MR) is 131 cm³/mol. The Morgan fingerprint density at radius 2 is 1.68 bits per heavy atom. The lowest BCUT2D eigenvalue weighted by Crippen LogP contribution is -2.17. The number of nitrogens with one attached hydrogen (secondary N) is 1. The van der Waals surface area contributed by atoms with Crippen molar-refractivity contribution in [3.8, 4) is 23.0 Å². The summed E-state index contributed by atoms with van der Waals surface area (Å²) in [6, 6.07) is 12.7. The van der Waals surface area contributed by atoms with E-state index in [1.165, 1.54) is 11.8 Å². The van der Waals surface area contributed by atoms with Gasteiger partial charge in [-0.2, -0.15) is 0 Å². The summed E-state index contributed by atoms with van der Waals surface area (Å²) in [7, 11) is 4.72. The number of para-hydroxylation sites is 2. The Hall–Kier alpha value is -3.40. The average Bonchev–Trinajstić information content (AvgIpc) is 3.27. The second-order valence-corrected chi connectivity index (χ2v) is 8.56. The van der Waals surface area contributed by atoms with Crippen molar-refractivity contribution < 1.29 is 23.7 Å². The SMILES string of the molecule is COc1ccc(OC)c(NC(=O)CSc2nnc(C(C)Oc3ccccc3OC)n2C(C)C)c1. The van der Waals surface area contributed by atoms with Crippen molar-refractivity contribution in [3.63, 3.8) is 0 Å². The third kappa shape index (κ3) is 5.93. The minimum atomic E-state index is -0.379. The monoisotopic (exact) mass is 486 g/mol. The summed E-state index contributed by atoms with van der Waals surface area (Å²) in [5, 5.41) is 12.2. The van der Waals surface area contributed by atoms with E-state index in [1.807, 2.05) is 49.6 Å². The Morgan fingerprint density at radius 1 is 0.971 bits per heavy atom. The van der Waals surface area contributed by atoms with E-state index in [0.717, 1.165) is 0 Å². The number of aromatic nitrogens is 3. The van der Waals surface area contributed by atoms with Gasteiger partial charge in [0.1, 0.15) is 11.5 Å². The Balaban J connectivity index is 1.72. The van der Waals surface area contributed by atoms with Crippen molar-refractivity contribution in [2.45, 2.75) is 38.1 Å². The molecule has 0 fully saturated rings. The van der Waals surface area contributed by atoms with Gasteiger partial charge in [-0.1, -0.05) is 23.9 Å². The van der Waals surface area contributed by atoms with Gasteiger partial charge in [0.2, 0.25) is 5.91 Å². The van der Waals surface area contributed by atoms with Crippen molar-refractivity contribution in [1.82, 2.24) is 14.8 Å². The molecule has 0 saturated heterocycles. The standard InChI is InChI=1S/C24H30N4O5S/c1-15(2)28-23(16(3)33-21-10-8-7-9-20(21)32-6)26-27-24(28)34-14-22(29)25-18-13-17(30-4)11-12-19(18)31-5/h7-13,15-16H,14H2,1-6H3,(H,25,29). The number of nitrogens with zero attached hydrogens (tertiary/aromatic N) is 3. The van der Waals surface area contributed by atoms with Gasteiger partial charge in [-0.15, -0.1) is 10.2 Å². The lowest BCUT2D eigenvalue weighted by molar-refractivity contribution is -0.113. The number of methoxy groups -OCH3 is 3. The highest BCUT2D eigenvalue weighted by Crippen LogP contribution is 2.33. The van der Waals surface area contributed by atoms with Crippen LogP contribution < -0.4 is 24.3 Å². The second-order valence-electron chi connectivity index (χ2n) is 7.62. The quantitative estimate of drug-likeness (QED) is 0.388. The van der Waals surface area contributed by atoms with Crippen LogP contribution in [0.25, 0.3) is 0 Å². The summed E-state index contributed by atoms with van der Waals surface area (Å²) in [6.07, 6.45) is -0.379. The molecular formula is C24H30N4O5S. The molecule has 3 rings (SSSR count). The topological polar surface area (TPSA) is 96.7 Å². The first kappa shape index (κ1) is 25.2. The highest BCUT2D eigenvalue weighted by molar-refractivity contribution is 7.99. The molecule has 34 heavy (non-hydrogen) atoms. The van der Waals surface area contributed by atoms with Crippen molar-refractivity contribution in [1.29, 1.82) is 0 Å². The first-order chi connectivity index (χ1) is 16.4. The smallest absolute Gasteiger partial charge is 0.234 e. The minimum absolute atomic E-state index is 0.0674. The van der Waals surface area contributed by atoms with Gasteiger partial charge in [0.15, 0.2) is 28.6 Å². The minimum Gasteiger partial charge on any atom is -0.497 e. The number of rotatable bonds is 11. The third-order valence-corrected chi connectivity index (χ3v) is 5.90. The summed E-state index contributed by atoms with van der Waals surface area (Å²) in [5.41, 5.74) is 0.539. The molecule has 0 radical (unpaired) electrons. The zero-order valence-corrected chi connectivity index (χ0v) is 21.0. The predicted octanol–water partition coefficient (Wildman–Crippen LogP) is 4.76. The van der Waals surface area contributed by atoms with Crippen LogP contribution in [0.15, 0.2) is 47.6 Å². The Labute approximate surface area is 203 Å². The number of hydrogen-bond acceptors (Lipinski definition) is 8. The second kappa shape index (κ2) is 11.6. The lowest BCUT2D eigenvalue weighted by atomic mass is 10.2. The molecule has 0 bridgehead atoms. The van der Waals surface area contributed by atoms with E-state index in [9.17, 15) is 4.79 Å². The van der Waals surface area contributed by atoms with Crippen molar-refractivity contribution in [3.05, 3.63) is 48.3 Å². The number of benzene rings is 2. The van der Waals surface area contributed by atoms with Crippen LogP contribution in [0.5, 0.6) is 23.0 Å². The maximum Gasteiger partial charge on any atom is 0.234 e. The van der Waals surface area contributed by atoms with Crippen molar-refractivity contribution >= 4 is 23.4 Å². The van der Waals surface area contributed by atoms with E-state index in [2.05, 4.69) is 15.5 Å². The van der Waals surface area contributed by atoms with Gasteiger partial charge in [0.25, 0.3) is 0 Å². The summed E-state index contributed by atoms with van der Waals surface area (Å²) in [4.78, 5) is 12.7. The van der Waals surface area contributed by atoms with E-state index >= 15 is 0 Å². The number of thioether (sulfide) groups is 1. The van der Waals surface area contributed by atoms with E-state index in [1.54, 1.807) is 39.5 Å². The molecule has 1 amide bonds. The van der Waals surface area contributed by atoms with Crippen molar-refractivity contribution in [2.24, 2.45) is 0 Å². The van der Waals surface area contributed by atoms with Crippen molar-refractivity contribution in [2.75, 3.05) is 32.4 Å². The number of hydrogen-bond donors (Lipinski definition) is 1. The number of amides is 1. The van der Waals surface area contributed by atoms with Crippen LogP contribution in [0, 0.1) is 0 Å². The molecule has 182 valence electrons. The molecule has 0 spiro atoms. The first-order valence-corrected chi connectivity index (χ1v) is 11.8. The Kier molecular flexibility index (Phi) is 8.64. The zero-order chi connectivity index (χ0) is 24.7. The fourth-order valence-electron chi connectivity index (χ4n) is 3.34. The highest BCUT2D eigenvalue weighted by Gasteiger charge is 2.23. The summed E-state index contributed by atoms with van der Waals surface area (Å²) >= 11 is 1.30. The maximum atomic E-state index is 12.7. The van der Waals surface area contributed by atoms with Gasteiger partial charge in [-0.05, 0) is 45.0 Å². The molecule has 0 aliphatic heterocycles. The summed E-state index contributed by atoms with van der Waals surface area (Å²) in [5.74, 6) is 3.05. The third-order valence-electron chi connectivity index (χ3n) is 4.96. The molecule has 1 aromatic heterocycles. The van der Waals surface area contributed by atoms with Crippen LogP contribution in [0.3, 0.4) is 0 Å². The Morgan fingerprint density at radius 3 is 2.32 bits per heavy atom. The first-order valence-electron chi connectivity index (χ1n) is 10.8. The van der Waals surface area contributed by atoms with Crippen LogP contribution in [0.1, 0.15) is 38.7 Å². The van der Waals surface area contributed by atoms with Gasteiger partial charge in [0.05, 0.1) is 32.8 Å². The van der Waals surface area contributed by atoms with Gasteiger partial charge in [-0.25, -0.2) is 0 Å². The average molecular weight is 487 g/mol. The molecule has 10 heteroatoms. The van der Waals surface area contributed by atoms with Gasteiger partial charge < -0.3 is 28.8 Å². The van der Waals surface area contributed by atoms with Gasteiger partial charge in [-0.3, -0.25) is 4.79 Å². The summed E-state index contributed by atoms with van der Waals surface area (Å²) < 4.78 is 24.0. The molecule has 2 aromatic carbocycles. The van der Waals surface area contributed by atoms with Crippen LogP contribution in [0.2, 0.25) is 0 Å². The van der Waals surface area contributed by atoms with E-state index in [4.69, 9.17) is 18.9 Å². The van der Waals surface area contributed by atoms with Gasteiger partial charge in [0, 0.05) is 12.1 Å². The molecule has 1 unspecified atom stereocenters. The van der Waals surface area contributed by atoms with Crippen LogP contribution in [-0.2, 0) is 4.79 Å². The zero-order valence-electron chi connectivity index (χ0n) is 20.2. The summed E-state index contributed by atoms with van der Waals surface area (Å²) in [6.45, 7) is 5.98. The molecule has 0 saturated carbocycles. The molecule has 9 nitrogen and oxygen atoms in total. The van der Waals surface area contributed by atoms with Crippen LogP contribution >= 0.6 is 11.8 Å². The fourth-order valence-corrected chi connectivity index (χ4v) is 4.21. The van der Waals surface area contributed by atoms with E-state index < -0.39 is 0 Å².